The van der Waals surface area contributed by atoms with Crippen molar-refractivity contribution in [1.29, 1.82) is 0 Å². The van der Waals surface area contributed by atoms with Gasteiger partial charge in [0.2, 0.25) is 0 Å². The second kappa shape index (κ2) is 8.02. The number of hydrogen-bond acceptors (Lipinski definition) is 4. The van der Waals surface area contributed by atoms with Gasteiger partial charge < -0.3 is 14.8 Å². The van der Waals surface area contributed by atoms with E-state index in [-0.39, 0.29) is 5.60 Å². The highest BCUT2D eigenvalue weighted by Gasteiger charge is 2.43. The van der Waals surface area contributed by atoms with Crippen molar-refractivity contribution in [3.05, 3.63) is 0 Å². The minimum absolute atomic E-state index is 0.172. The summed E-state index contributed by atoms with van der Waals surface area (Å²) in [6.45, 7) is 6.09. The van der Waals surface area contributed by atoms with Crippen molar-refractivity contribution in [2.24, 2.45) is 5.92 Å². The van der Waals surface area contributed by atoms with Gasteiger partial charge in [0.1, 0.15) is 0 Å². The lowest BCUT2D eigenvalue weighted by molar-refractivity contribution is -0.0973. The van der Waals surface area contributed by atoms with Crippen molar-refractivity contribution in [3.8, 4) is 0 Å². The lowest BCUT2D eigenvalue weighted by atomic mass is 9.79. The second-order valence-corrected chi connectivity index (χ2v) is 7.29. The molecular weight excluding hydrogens is 270 g/mol. The van der Waals surface area contributed by atoms with Crippen LogP contribution < -0.4 is 5.32 Å². The van der Waals surface area contributed by atoms with E-state index < -0.39 is 0 Å². The van der Waals surface area contributed by atoms with Crippen LogP contribution in [0.5, 0.6) is 0 Å². The van der Waals surface area contributed by atoms with E-state index in [1.165, 1.54) is 37.2 Å². The molecule has 0 aliphatic carbocycles. The first kappa shape index (κ1) is 16.6. The summed E-state index contributed by atoms with van der Waals surface area (Å²) < 4.78 is 12.2. The van der Waals surface area contributed by atoms with E-state index in [1.54, 1.807) is 0 Å². The summed E-state index contributed by atoms with van der Waals surface area (Å²) in [7, 11) is 2.10. The van der Waals surface area contributed by atoms with Gasteiger partial charge in [-0.3, -0.25) is 0 Å². The number of likely N-dealkylation sites (N-methyl/N-ethyl adjacent to an activating group) is 1. The molecule has 20 heavy (non-hydrogen) atoms. The molecule has 0 aromatic heterocycles. The molecule has 1 spiro atoms. The average molecular weight is 301 g/mol. The minimum atomic E-state index is 0.172. The number of hydrogen-bond donors (Lipinski definition) is 1. The molecule has 0 aromatic rings. The van der Waals surface area contributed by atoms with Crippen LogP contribution in [0.4, 0.5) is 0 Å². The van der Waals surface area contributed by atoms with E-state index in [0.717, 1.165) is 19.6 Å². The van der Waals surface area contributed by atoms with E-state index in [1.807, 2.05) is 0 Å². The van der Waals surface area contributed by atoms with Crippen LogP contribution in [0.25, 0.3) is 0 Å². The SMILES string of the molecule is CCCC(OCC)C(NC)C1CCOC2(CCSC2)C1. The maximum atomic E-state index is 6.16. The lowest BCUT2D eigenvalue weighted by Crippen LogP contribution is -2.51. The molecule has 2 rings (SSSR count). The first-order chi connectivity index (χ1) is 9.74. The zero-order chi connectivity index (χ0) is 14.4. The third-order valence-electron chi connectivity index (χ3n) is 4.79. The molecule has 0 saturated carbocycles. The van der Waals surface area contributed by atoms with E-state index in [0.29, 0.717) is 18.1 Å². The molecule has 2 saturated heterocycles. The van der Waals surface area contributed by atoms with Gasteiger partial charge in [-0.2, -0.15) is 11.8 Å². The van der Waals surface area contributed by atoms with Crippen molar-refractivity contribution in [2.45, 2.75) is 63.7 Å². The Kier molecular flexibility index (Phi) is 6.66. The van der Waals surface area contributed by atoms with Gasteiger partial charge in [-0.05, 0) is 51.3 Å². The van der Waals surface area contributed by atoms with Crippen LogP contribution in [-0.2, 0) is 9.47 Å². The Labute approximate surface area is 128 Å². The molecular formula is C16H31NO2S. The highest BCUT2D eigenvalue weighted by atomic mass is 32.2. The van der Waals surface area contributed by atoms with Crippen molar-refractivity contribution in [2.75, 3.05) is 31.8 Å². The summed E-state index contributed by atoms with van der Waals surface area (Å²) in [6.07, 6.45) is 6.30. The molecule has 0 bridgehead atoms. The lowest BCUT2D eigenvalue weighted by Gasteiger charge is -2.43. The molecule has 0 amide bonds. The minimum Gasteiger partial charge on any atom is -0.377 e. The molecule has 2 aliphatic heterocycles. The molecule has 4 heteroatoms. The highest BCUT2D eigenvalue weighted by molar-refractivity contribution is 7.99. The fourth-order valence-electron chi connectivity index (χ4n) is 3.83. The zero-order valence-electron chi connectivity index (χ0n) is 13.3. The van der Waals surface area contributed by atoms with Gasteiger partial charge in [-0.1, -0.05) is 13.3 Å². The van der Waals surface area contributed by atoms with Gasteiger partial charge in [-0.15, -0.1) is 0 Å². The third kappa shape index (κ3) is 3.90. The number of thioether (sulfide) groups is 1. The van der Waals surface area contributed by atoms with Gasteiger partial charge in [-0.25, -0.2) is 0 Å². The predicted octanol–water partition coefficient (Wildman–Crippen LogP) is 3.08. The first-order valence-corrected chi connectivity index (χ1v) is 9.40. The van der Waals surface area contributed by atoms with Gasteiger partial charge in [0.05, 0.1) is 11.7 Å². The molecule has 2 aliphatic rings. The molecule has 118 valence electrons. The van der Waals surface area contributed by atoms with Crippen LogP contribution in [0.2, 0.25) is 0 Å². The summed E-state index contributed by atoms with van der Waals surface area (Å²) >= 11 is 2.05. The second-order valence-electron chi connectivity index (χ2n) is 6.18. The first-order valence-electron chi connectivity index (χ1n) is 8.25. The largest absolute Gasteiger partial charge is 0.377 e. The summed E-state index contributed by atoms with van der Waals surface area (Å²) in [5.74, 6) is 3.14. The van der Waals surface area contributed by atoms with E-state index in [9.17, 15) is 0 Å². The summed E-state index contributed by atoms with van der Waals surface area (Å²) in [5, 5.41) is 3.56. The number of nitrogens with one attached hydrogen (secondary N) is 1. The maximum Gasteiger partial charge on any atom is 0.0783 e. The Morgan fingerprint density at radius 3 is 2.90 bits per heavy atom. The smallest absolute Gasteiger partial charge is 0.0783 e. The van der Waals surface area contributed by atoms with Gasteiger partial charge in [0.15, 0.2) is 0 Å². The molecule has 4 unspecified atom stereocenters. The normalized spacial score (nSPS) is 33.5. The molecule has 1 N–H and O–H groups in total. The van der Waals surface area contributed by atoms with Crippen molar-refractivity contribution in [3.63, 3.8) is 0 Å². The molecule has 0 radical (unpaired) electrons. The Bertz CT molecular complexity index is 276. The van der Waals surface area contributed by atoms with Crippen molar-refractivity contribution >= 4 is 11.8 Å². The van der Waals surface area contributed by atoms with Crippen LogP contribution in [0.1, 0.15) is 46.0 Å². The van der Waals surface area contributed by atoms with Crippen LogP contribution in [0.15, 0.2) is 0 Å². The van der Waals surface area contributed by atoms with E-state index in [2.05, 4.69) is 38.0 Å². The zero-order valence-corrected chi connectivity index (χ0v) is 14.1. The maximum absolute atomic E-state index is 6.16. The third-order valence-corrected chi connectivity index (χ3v) is 6.02. The molecule has 2 fully saturated rings. The Hall–Kier alpha value is 0.230. The Balaban J connectivity index is 2.01. The topological polar surface area (TPSA) is 30.5 Å². The predicted molar refractivity (Wildman–Crippen MR) is 86.5 cm³/mol. The van der Waals surface area contributed by atoms with Gasteiger partial charge in [0.25, 0.3) is 0 Å². The van der Waals surface area contributed by atoms with E-state index >= 15 is 0 Å². The summed E-state index contributed by atoms with van der Waals surface area (Å²) in [6, 6.07) is 0.473. The summed E-state index contributed by atoms with van der Waals surface area (Å²) in [4.78, 5) is 0. The monoisotopic (exact) mass is 301 g/mol. The fraction of sp³-hybridized carbons (Fsp3) is 1.00. The fourth-order valence-corrected chi connectivity index (χ4v) is 5.20. The number of ether oxygens (including phenoxy) is 2. The Morgan fingerprint density at radius 1 is 1.45 bits per heavy atom. The molecule has 2 heterocycles. The standard InChI is InChI=1S/C16H31NO2S/c1-4-6-14(18-5-2)15(17-3)13-7-9-19-16(11-13)8-10-20-12-16/h13-15,17H,4-12H2,1-3H3. The quantitative estimate of drug-likeness (QED) is 0.783. The highest BCUT2D eigenvalue weighted by Crippen LogP contribution is 2.42. The van der Waals surface area contributed by atoms with Crippen molar-refractivity contribution in [1.82, 2.24) is 5.32 Å². The van der Waals surface area contributed by atoms with Gasteiger partial charge in [0, 0.05) is 25.0 Å². The van der Waals surface area contributed by atoms with Crippen LogP contribution in [0, 0.1) is 5.92 Å². The molecule has 3 nitrogen and oxygen atoms in total. The molecule has 4 atom stereocenters. The Morgan fingerprint density at radius 2 is 2.30 bits per heavy atom. The molecule has 0 aromatic carbocycles. The van der Waals surface area contributed by atoms with Gasteiger partial charge >= 0.3 is 0 Å². The van der Waals surface area contributed by atoms with Crippen LogP contribution in [-0.4, -0.2) is 49.5 Å². The number of rotatable bonds is 7. The van der Waals surface area contributed by atoms with Crippen LogP contribution in [0.3, 0.4) is 0 Å². The van der Waals surface area contributed by atoms with Crippen LogP contribution >= 0.6 is 11.8 Å². The van der Waals surface area contributed by atoms with Crippen molar-refractivity contribution < 1.29 is 9.47 Å². The summed E-state index contributed by atoms with van der Waals surface area (Å²) in [5.41, 5.74) is 0.172. The van der Waals surface area contributed by atoms with E-state index in [4.69, 9.17) is 9.47 Å². The average Bonchev–Trinajstić information content (AvgIpc) is 2.88.